The zero-order chi connectivity index (χ0) is 14.7. The lowest BCUT2D eigenvalue weighted by atomic mass is 9.83. The normalized spacial score (nSPS) is 22.7. The van der Waals surface area contributed by atoms with Crippen LogP contribution in [0.25, 0.3) is 0 Å². The van der Waals surface area contributed by atoms with E-state index in [9.17, 15) is 14.9 Å². The third-order valence-electron chi connectivity index (χ3n) is 4.25. The van der Waals surface area contributed by atoms with Crippen molar-refractivity contribution in [2.24, 2.45) is 5.92 Å². The van der Waals surface area contributed by atoms with Crippen LogP contribution in [-0.2, 0) is 11.2 Å². The molecule has 1 fully saturated rings. The second-order valence-electron chi connectivity index (χ2n) is 5.46. The molecule has 1 aromatic heterocycles. The van der Waals surface area contributed by atoms with E-state index in [2.05, 4.69) is 4.98 Å². The Morgan fingerprint density at radius 1 is 1.40 bits per heavy atom. The number of hydrogen-bond donors (Lipinski definition) is 1. The molecule has 1 N–H and O–H groups in total. The van der Waals surface area contributed by atoms with Crippen molar-refractivity contribution >= 4 is 5.69 Å². The van der Waals surface area contributed by atoms with Gasteiger partial charge in [-0.2, -0.15) is 0 Å². The van der Waals surface area contributed by atoms with Gasteiger partial charge in [-0.15, -0.1) is 0 Å². The van der Waals surface area contributed by atoms with Crippen LogP contribution in [0.15, 0.2) is 11.0 Å². The van der Waals surface area contributed by atoms with Gasteiger partial charge in [0.1, 0.15) is 0 Å². The SMILES string of the molecule is COC1CCC(Cc2c[nH]c(=O)c([N+](=O)[O-])c2C)CC1. The molecule has 0 aromatic carbocycles. The number of H-pyrrole nitrogens is 1. The van der Waals surface area contributed by atoms with Gasteiger partial charge in [0.15, 0.2) is 0 Å². The van der Waals surface area contributed by atoms with Crippen molar-refractivity contribution in [1.82, 2.24) is 4.98 Å². The van der Waals surface area contributed by atoms with Crippen LogP contribution in [0, 0.1) is 23.0 Å². The van der Waals surface area contributed by atoms with Crippen LogP contribution in [0.2, 0.25) is 0 Å². The summed E-state index contributed by atoms with van der Waals surface area (Å²) >= 11 is 0. The first kappa shape index (κ1) is 14.7. The molecule has 0 atom stereocenters. The molecule has 0 aliphatic heterocycles. The molecule has 1 aromatic rings. The lowest BCUT2D eigenvalue weighted by Crippen LogP contribution is -2.22. The third-order valence-corrected chi connectivity index (χ3v) is 4.25. The van der Waals surface area contributed by atoms with Gasteiger partial charge in [0.2, 0.25) is 0 Å². The van der Waals surface area contributed by atoms with Gasteiger partial charge in [-0.25, -0.2) is 0 Å². The van der Waals surface area contributed by atoms with E-state index in [4.69, 9.17) is 4.74 Å². The summed E-state index contributed by atoms with van der Waals surface area (Å²) < 4.78 is 5.34. The molecule has 0 spiro atoms. The molecule has 1 aliphatic rings. The highest BCUT2D eigenvalue weighted by atomic mass is 16.6. The van der Waals surface area contributed by atoms with Gasteiger partial charge >= 0.3 is 11.2 Å². The van der Waals surface area contributed by atoms with E-state index < -0.39 is 10.5 Å². The summed E-state index contributed by atoms with van der Waals surface area (Å²) in [4.78, 5) is 24.3. The number of ether oxygens (including phenoxy) is 1. The molecule has 20 heavy (non-hydrogen) atoms. The highest BCUT2D eigenvalue weighted by Gasteiger charge is 2.24. The summed E-state index contributed by atoms with van der Waals surface area (Å²) in [5, 5.41) is 10.9. The maximum Gasteiger partial charge on any atom is 0.337 e. The second-order valence-corrected chi connectivity index (χ2v) is 5.46. The van der Waals surface area contributed by atoms with Crippen molar-refractivity contribution in [1.29, 1.82) is 0 Å². The maximum absolute atomic E-state index is 11.5. The van der Waals surface area contributed by atoms with Gasteiger partial charge in [-0.05, 0) is 50.5 Å². The van der Waals surface area contributed by atoms with Gasteiger partial charge in [0.05, 0.1) is 11.0 Å². The Labute approximate surface area is 117 Å². The predicted molar refractivity (Wildman–Crippen MR) is 74.9 cm³/mol. The number of aromatic nitrogens is 1. The standard InChI is InChI=1S/C14H20N2O4/c1-9-11(8-15-14(17)13(9)16(18)19)7-10-3-5-12(20-2)6-4-10/h8,10,12H,3-7H2,1-2H3,(H,15,17). The number of nitrogens with one attached hydrogen (secondary N) is 1. The highest BCUT2D eigenvalue weighted by molar-refractivity contribution is 5.41. The van der Waals surface area contributed by atoms with E-state index in [0.29, 0.717) is 17.6 Å². The molecule has 6 heteroatoms. The van der Waals surface area contributed by atoms with Crippen LogP contribution in [0.3, 0.4) is 0 Å². The largest absolute Gasteiger partial charge is 0.381 e. The van der Waals surface area contributed by atoms with Crippen molar-refractivity contribution < 1.29 is 9.66 Å². The number of aromatic amines is 1. The van der Waals surface area contributed by atoms with E-state index in [1.165, 1.54) is 0 Å². The predicted octanol–water partition coefficient (Wildman–Crippen LogP) is 2.34. The summed E-state index contributed by atoms with van der Waals surface area (Å²) in [5.41, 5.74) is 0.414. The molecule has 0 unspecified atom stereocenters. The Balaban J connectivity index is 2.13. The molecule has 0 radical (unpaired) electrons. The Morgan fingerprint density at radius 3 is 2.60 bits per heavy atom. The average Bonchev–Trinajstić information content (AvgIpc) is 2.42. The van der Waals surface area contributed by atoms with Crippen LogP contribution in [-0.4, -0.2) is 23.1 Å². The quantitative estimate of drug-likeness (QED) is 0.677. The molecule has 0 bridgehead atoms. The molecule has 1 aliphatic carbocycles. The Bertz CT molecular complexity index is 545. The lowest BCUT2D eigenvalue weighted by Gasteiger charge is -2.27. The zero-order valence-electron chi connectivity index (χ0n) is 11.8. The molecule has 2 rings (SSSR count). The second kappa shape index (κ2) is 6.17. The van der Waals surface area contributed by atoms with E-state index in [1.54, 1.807) is 20.2 Å². The summed E-state index contributed by atoms with van der Waals surface area (Å²) in [7, 11) is 1.74. The number of hydrogen-bond acceptors (Lipinski definition) is 4. The number of pyridine rings is 1. The number of nitro groups is 1. The fourth-order valence-corrected chi connectivity index (χ4v) is 2.97. The average molecular weight is 280 g/mol. The number of nitrogens with zero attached hydrogens (tertiary/aromatic N) is 1. The molecule has 1 heterocycles. The minimum Gasteiger partial charge on any atom is -0.381 e. The Morgan fingerprint density at radius 2 is 2.05 bits per heavy atom. The van der Waals surface area contributed by atoms with E-state index in [1.807, 2.05) is 0 Å². The first-order chi connectivity index (χ1) is 9.52. The maximum atomic E-state index is 11.5. The first-order valence-electron chi connectivity index (χ1n) is 6.91. The Kier molecular flexibility index (Phi) is 4.54. The molecule has 6 nitrogen and oxygen atoms in total. The van der Waals surface area contributed by atoms with Gasteiger partial charge < -0.3 is 9.72 Å². The van der Waals surface area contributed by atoms with Crippen molar-refractivity contribution in [2.45, 2.75) is 45.1 Å². The lowest BCUT2D eigenvalue weighted by molar-refractivity contribution is -0.386. The molecule has 0 amide bonds. The van der Waals surface area contributed by atoms with Crippen LogP contribution in [0.1, 0.15) is 36.8 Å². The topological polar surface area (TPSA) is 85.2 Å². The Hall–Kier alpha value is -1.69. The van der Waals surface area contributed by atoms with Crippen molar-refractivity contribution in [2.75, 3.05) is 7.11 Å². The van der Waals surface area contributed by atoms with Crippen LogP contribution >= 0.6 is 0 Å². The van der Waals surface area contributed by atoms with Crippen LogP contribution in [0.5, 0.6) is 0 Å². The highest BCUT2D eigenvalue weighted by Crippen LogP contribution is 2.30. The van der Waals surface area contributed by atoms with Gasteiger partial charge in [0, 0.05) is 18.9 Å². The smallest absolute Gasteiger partial charge is 0.337 e. The fraction of sp³-hybridized carbons (Fsp3) is 0.643. The van der Waals surface area contributed by atoms with Crippen molar-refractivity contribution in [3.8, 4) is 0 Å². The summed E-state index contributed by atoms with van der Waals surface area (Å²) in [6.07, 6.45) is 6.93. The van der Waals surface area contributed by atoms with E-state index in [-0.39, 0.29) is 5.69 Å². The van der Waals surface area contributed by atoms with Crippen LogP contribution < -0.4 is 5.56 Å². The van der Waals surface area contributed by atoms with E-state index >= 15 is 0 Å². The summed E-state index contributed by atoms with van der Waals surface area (Å²) in [5.74, 6) is 0.505. The van der Waals surface area contributed by atoms with Gasteiger partial charge in [0.25, 0.3) is 0 Å². The van der Waals surface area contributed by atoms with Gasteiger partial charge in [-0.1, -0.05) is 0 Å². The number of rotatable bonds is 4. The third kappa shape index (κ3) is 3.07. The molecule has 0 saturated heterocycles. The van der Waals surface area contributed by atoms with Crippen molar-refractivity contribution in [3.05, 3.63) is 37.8 Å². The molecule has 1 saturated carbocycles. The number of methoxy groups -OCH3 is 1. The minimum absolute atomic E-state index is 0.326. The molecular formula is C14H20N2O4. The summed E-state index contributed by atoms with van der Waals surface area (Å²) in [6.45, 7) is 1.66. The molecular weight excluding hydrogens is 260 g/mol. The summed E-state index contributed by atoms with van der Waals surface area (Å²) in [6, 6.07) is 0. The van der Waals surface area contributed by atoms with Crippen molar-refractivity contribution in [3.63, 3.8) is 0 Å². The molecule has 110 valence electrons. The van der Waals surface area contributed by atoms with E-state index in [0.717, 1.165) is 37.7 Å². The zero-order valence-corrected chi connectivity index (χ0v) is 11.8. The minimum atomic E-state index is -0.626. The van der Waals surface area contributed by atoms with Gasteiger partial charge in [-0.3, -0.25) is 14.9 Å². The monoisotopic (exact) mass is 280 g/mol. The fourth-order valence-electron chi connectivity index (χ4n) is 2.97. The first-order valence-corrected chi connectivity index (χ1v) is 6.91. The van der Waals surface area contributed by atoms with Crippen LogP contribution in [0.4, 0.5) is 5.69 Å².